The number of hydrogen-bond acceptors (Lipinski definition) is 6. The molecule has 0 amide bonds. The first-order valence-corrected chi connectivity index (χ1v) is 6.82. The van der Waals surface area contributed by atoms with Gasteiger partial charge in [-0.05, 0) is 6.42 Å². The summed E-state index contributed by atoms with van der Waals surface area (Å²) >= 11 is 0. The molecule has 120 valence electrons. The highest BCUT2D eigenvalue weighted by molar-refractivity contribution is 5.80. The van der Waals surface area contributed by atoms with Crippen molar-refractivity contribution in [3.05, 3.63) is 11.8 Å². The molecule has 2 heterocycles. The van der Waals surface area contributed by atoms with Crippen LogP contribution in [0, 0.1) is 0 Å². The maximum absolute atomic E-state index is 12.8. The van der Waals surface area contributed by atoms with E-state index in [9.17, 15) is 13.2 Å². The van der Waals surface area contributed by atoms with Gasteiger partial charge in [-0.2, -0.15) is 13.2 Å². The summed E-state index contributed by atoms with van der Waals surface area (Å²) in [5, 5.41) is 0. The van der Waals surface area contributed by atoms with Gasteiger partial charge in [-0.3, -0.25) is 4.90 Å². The number of hydrogen-bond donors (Lipinski definition) is 2. The van der Waals surface area contributed by atoms with Crippen LogP contribution in [0.5, 0.6) is 0 Å². The van der Waals surface area contributed by atoms with Gasteiger partial charge < -0.3 is 21.1 Å². The van der Waals surface area contributed by atoms with Crippen LogP contribution < -0.4 is 11.5 Å². The number of nitrogens with zero attached hydrogens (tertiary/aromatic N) is 3. The van der Waals surface area contributed by atoms with E-state index in [1.54, 1.807) is 0 Å². The molecule has 0 aromatic carbocycles. The van der Waals surface area contributed by atoms with Crippen LogP contribution in [-0.2, 0) is 4.74 Å². The van der Waals surface area contributed by atoms with E-state index in [-0.39, 0.29) is 5.96 Å². The van der Waals surface area contributed by atoms with Crippen molar-refractivity contribution in [2.75, 3.05) is 39.4 Å². The van der Waals surface area contributed by atoms with Gasteiger partial charge in [-0.1, -0.05) is 0 Å². The third kappa shape index (κ3) is 4.08. The molecular weight excluding hydrogens is 287 g/mol. The van der Waals surface area contributed by atoms with Crippen LogP contribution in [0.15, 0.2) is 16.8 Å². The number of alkyl halides is 3. The van der Waals surface area contributed by atoms with Gasteiger partial charge in [0.15, 0.2) is 5.96 Å². The molecule has 0 aromatic rings. The van der Waals surface area contributed by atoms with E-state index < -0.39 is 17.9 Å². The van der Waals surface area contributed by atoms with Crippen LogP contribution in [0.4, 0.5) is 13.2 Å². The molecule has 0 aromatic heterocycles. The summed E-state index contributed by atoms with van der Waals surface area (Å²) in [7, 11) is 0. The third-order valence-corrected chi connectivity index (χ3v) is 3.59. The molecule has 2 aliphatic rings. The molecule has 0 saturated carbocycles. The number of rotatable bonds is 4. The predicted octanol–water partition coefficient (Wildman–Crippen LogP) is 0.0700. The van der Waals surface area contributed by atoms with E-state index in [0.717, 1.165) is 19.6 Å². The standard InChI is InChI=1S/C12H20F3N5O/c13-12(14,15)9-8-18-11(17)20(10(9)16)3-1-2-19-4-6-21-7-5-19/h8,10H,1-7,16H2,(H2,17,18). The van der Waals surface area contributed by atoms with Crippen molar-refractivity contribution in [3.8, 4) is 0 Å². The Bertz CT molecular complexity index is 418. The maximum Gasteiger partial charge on any atom is 0.417 e. The Labute approximate surface area is 121 Å². The Morgan fingerprint density at radius 2 is 1.95 bits per heavy atom. The molecule has 0 aliphatic carbocycles. The molecular formula is C12H20F3N5O. The lowest BCUT2D eigenvalue weighted by molar-refractivity contribution is -0.0999. The van der Waals surface area contributed by atoms with Crippen LogP contribution in [0.2, 0.25) is 0 Å². The van der Waals surface area contributed by atoms with Crippen LogP contribution in [0.25, 0.3) is 0 Å². The zero-order valence-corrected chi connectivity index (χ0v) is 11.6. The van der Waals surface area contributed by atoms with Crippen molar-refractivity contribution in [2.45, 2.75) is 18.8 Å². The van der Waals surface area contributed by atoms with E-state index in [1.807, 2.05) is 0 Å². The summed E-state index contributed by atoms with van der Waals surface area (Å²) in [5.41, 5.74) is 10.4. The fourth-order valence-electron chi connectivity index (χ4n) is 2.38. The molecule has 1 saturated heterocycles. The summed E-state index contributed by atoms with van der Waals surface area (Å²) in [6, 6.07) is 0. The Balaban J connectivity index is 1.88. The highest BCUT2D eigenvalue weighted by atomic mass is 19.4. The highest BCUT2D eigenvalue weighted by Gasteiger charge is 2.41. The topological polar surface area (TPSA) is 80.1 Å². The summed E-state index contributed by atoms with van der Waals surface area (Å²) in [6.07, 6.45) is -4.42. The van der Waals surface area contributed by atoms with Gasteiger partial charge in [0.2, 0.25) is 0 Å². The second-order valence-electron chi connectivity index (χ2n) is 5.02. The van der Waals surface area contributed by atoms with Crippen molar-refractivity contribution >= 4 is 5.96 Å². The molecule has 0 bridgehead atoms. The molecule has 0 radical (unpaired) electrons. The summed E-state index contributed by atoms with van der Waals surface area (Å²) in [6.45, 7) is 4.15. The first kappa shape index (κ1) is 16.1. The molecule has 1 unspecified atom stereocenters. The molecule has 1 atom stereocenters. The SMILES string of the molecule is NC1=NC=C(C(F)(F)F)C(N)N1CCCN1CCOCC1. The highest BCUT2D eigenvalue weighted by Crippen LogP contribution is 2.30. The van der Waals surface area contributed by atoms with Crippen molar-refractivity contribution < 1.29 is 17.9 Å². The molecule has 2 aliphatic heterocycles. The second-order valence-corrected chi connectivity index (χ2v) is 5.02. The Hall–Kier alpha value is -1.32. The monoisotopic (exact) mass is 307 g/mol. The van der Waals surface area contributed by atoms with Gasteiger partial charge >= 0.3 is 6.18 Å². The lowest BCUT2D eigenvalue weighted by Crippen LogP contribution is -2.54. The zero-order valence-electron chi connectivity index (χ0n) is 11.6. The maximum atomic E-state index is 12.8. The molecule has 21 heavy (non-hydrogen) atoms. The number of nitrogens with two attached hydrogens (primary N) is 2. The third-order valence-electron chi connectivity index (χ3n) is 3.59. The predicted molar refractivity (Wildman–Crippen MR) is 72.3 cm³/mol. The summed E-state index contributed by atoms with van der Waals surface area (Å²) < 4.78 is 43.6. The Morgan fingerprint density at radius 1 is 1.29 bits per heavy atom. The average molecular weight is 307 g/mol. The Kier molecular flexibility index (Phi) is 5.07. The van der Waals surface area contributed by atoms with Crippen LogP contribution in [0.1, 0.15) is 6.42 Å². The quantitative estimate of drug-likeness (QED) is 0.768. The number of morpholine rings is 1. The lowest BCUT2D eigenvalue weighted by atomic mass is 10.1. The number of aliphatic imine (C=N–C) groups is 1. The normalized spacial score (nSPS) is 24.8. The first-order valence-electron chi connectivity index (χ1n) is 6.82. The van der Waals surface area contributed by atoms with E-state index >= 15 is 0 Å². The van der Waals surface area contributed by atoms with Crippen LogP contribution in [-0.4, -0.2) is 67.5 Å². The van der Waals surface area contributed by atoms with Crippen molar-refractivity contribution in [3.63, 3.8) is 0 Å². The van der Waals surface area contributed by atoms with Crippen molar-refractivity contribution in [2.24, 2.45) is 16.5 Å². The molecule has 0 spiro atoms. The van der Waals surface area contributed by atoms with Gasteiger partial charge in [-0.25, -0.2) is 4.99 Å². The van der Waals surface area contributed by atoms with Crippen LogP contribution in [0.3, 0.4) is 0 Å². The van der Waals surface area contributed by atoms with E-state index in [0.29, 0.717) is 32.4 Å². The van der Waals surface area contributed by atoms with Gasteiger partial charge in [0, 0.05) is 32.4 Å². The first-order chi connectivity index (χ1) is 9.89. The smallest absolute Gasteiger partial charge is 0.379 e. The Morgan fingerprint density at radius 3 is 2.57 bits per heavy atom. The lowest BCUT2D eigenvalue weighted by Gasteiger charge is -2.35. The second kappa shape index (κ2) is 6.63. The minimum Gasteiger partial charge on any atom is -0.379 e. The molecule has 6 nitrogen and oxygen atoms in total. The molecule has 4 N–H and O–H groups in total. The summed E-state index contributed by atoms with van der Waals surface area (Å²) in [5.74, 6) is 0.0254. The van der Waals surface area contributed by atoms with E-state index in [1.165, 1.54) is 4.90 Å². The average Bonchev–Trinajstić information content (AvgIpc) is 2.42. The minimum absolute atomic E-state index is 0.0254. The molecule has 9 heteroatoms. The molecule has 1 fully saturated rings. The largest absolute Gasteiger partial charge is 0.417 e. The zero-order chi connectivity index (χ0) is 15.5. The van der Waals surface area contributed by atoms with Gasteiger partial charge in [0.05, 0.1) is 18.8 Å². The van der Waals surface area contributed by atoms with Gasteiger partial charge in [0.25, 0.3) is 0 Å². The minimum atomic E-state index is -4.49. The summed E-state index contributed by atoms with van der Waals surface area (Å²) in [4.78, 5) is 7.10. The number of ether oxygens (including phenoxy) is 1. The van der Waals surface area contributed by atoms with Crippen LogP contribution >= 0.6 is 0 Å². The van der Waals surface area contributed by atoms with Gasteiger partial charge in [0.1, 0.15) is 6.17 Å². The number of guanidine groups is 1. The fraction of sp³-hybridized carbons (Fsp3) is 0.750. The van der Waals surface area contributed by atoms with Crippen molar-refractivity contribution in [1.29, 1.82) is 0 Å². The van der Waals surface area contributed by atoms with E-state index in [2.05, 4.69) is 9.89 Å². The fourth-order valence-corrected chi connectivity index (χ4v) is 2.38. The number of halogens is 3. The van der Waals surface area contributed by atoms with E-state index in [4.69, 9.17) is 16.2 Å². The van der Waals surface area contributed by atoms with Crippen molar-refractivity contribution in [1.82, 2.24) is 9.80 Å². The molecule has 2 rings (SSSR count). The van der Waals surface area contributed by atoms with Gasteiger partial charge in [-0.15, -0.1) is 0 Å².